The smallest absolute Gasteiger partial charge is 0.336 e. The molecule has 1 aromatic heterocycles. The van der Waals surface area contributed by atoms with E-state index in [1.165, 1.54) is 25.7 Å². The molecule has 1 aliphatic carbocycles. The third kappa shape index (κ3) is 4.02. The summed E-state index contributed by atoms with van der Waals surface area (Å²) in [6.45, 7) is 1.60. The van der Waals surface area contributed by atoms with E-state index in [0.29, 0.717) is 17.9 Å². The van der Waals surface area contributed by atoms with Crippen LogP contribution in [0.2, 0.25) is 0 Å². The van der Waals surface area contributed by atoms with Crippen LogP contribution in [0.25, 0.3) is 11.0 Å². The topological polar surface area (TPSA) is 51.5 Å². The Morgan fingerprint density at radius 1 is 1.26 bits per heavy atom. The van der Waals surface area contributed by atoms with Crippen molar-refractivity contribution in [1.29, 1.82) is 0 Å². The van der Waals surface area contributed by atoms with Gasteiger partial charge in [0.15, 0.2) is 0 Å². The summed E-state index contributed by atoms with van der Waals surface area (Å²) < 4.78 is 10.5. The second-order valence-electron chi connectivity index (χ2n) is 5.99. The molecule has 4 heteroatoms. The van der Waals surface area contributed by atoms with Crippen LogP contribution in [0.3, 0.4) is 0 Å². The molecule has 0 unspecified atom stereocenters. The zero-order valence-electron chi connectivity index (χ0n) is 13.6. The van der Waals surface area contributed by atoms with Crippen LogP contribution in [0.5, 0.6) is 5.75 Å². The summed E-state index contributed by atoms with van der Waals surface area (Å²) in [5.41, 5.74) is 2.78. The number of ether oxygens (including phenoxy) is 1. The van der Waals surface area contributed by atoms with Gasteiger partial charge in [0.05, 0.1) is 7.11 Å². The summed E-state index contributed by atoms with van der Waals surface area (Å²) in [4.78, 5) is 11.7. The van der Waals surface area contributed by atoms with E-state index in [1.807, 2.05) is 12.1 Å². The number of nitrogens with one attached hydrogen (secondary N) is 1. The summed E-state index contributed by atoms with van der Waals surface area (Å²) in [5.74, 6) is 0.690. The van der Waals surface area contributed by atoms with Crippen LogP contribution in [0.15, 0.2) is 45.1 Å². The van der Waals surface area contributed by atoms with Crippen molar-refractivity contribution < 1.29 is 9.15 Å². The third-order valence-electron chi connectivity index (χ3n) is 4.36. The molecular weight excluding hydrogens is 290 g/mol. The monoisotopic (exact) mass is 313 g/mol. The minimum atomic E-state index is -0.322. The molecule has 0 saturated carbocycles. The SMILES string of the molecule is COc1ccc2c(CNCCC3=CCCCC3)cc(=O)oc2c1. The van der Waals surface area contributed by atoms with Crippen LogP contribution >= 0.6 is 0 Å². The maximum atomic E-state index is 11.7. The number of benzene rings is 1. The van der Waals surface area contributed by atoms with Crippen molar-refractivity contribution in [1.82, 2.24) is 5.32 Å². The Hall–Kier alpha value is -2.07. The van der Waals surface area contributed by atoms with Crippen LogP contribution in [0.1, 0.15) is 37.7 Å². The van der Waals surface area contributed by atoms with Crippen LogP contribution in [0, 0.1) is 0 Å². The molecule has 1 heterocycles. The second-order valence-corrected chi connectivity index (χ2v) is 5.99. The van der Waals surface area contributed by atoms with E-state index in [0.717, 1.165) is 23.9 Å². The van der Waals surface area contributed by atoms with Crippen LogP contribution in [-0.2, 0) is 6.54 Å². The van der Waals surface area contributed by atoms with Crippen molar-refractivity contribution in [2.24, 2.45) is 0 Å². The minimum absolute atomic E-state index is 0.322. The van der Waals surface area contributed by atoms with Gasteiger partial charge in [0.1, 0.15) is 11.3 Å². The fourth-order valence-electron chi connectivity index (χ4n) is 3.09. The molecule has 0 fully saturated rings. The van der Waals surface area contributed by atoms with Crippen molar-refractivity contribution in [3.8, 4) is 5.75 Å². The quantitative estimate of drug-likeness (QED) is 0.501. The summed E-state index contributed by atoms with van der Waals surface area (Å²) in [5, 5.41) is 4.40. The van der Waals surface area contributed by atoms with Crippen molar-refractivity contribution >= 4 is 11.0 Å². The van der Waals surface area contributed by atoms with Crippen molar-refractivity contribution in [2.75, 3.05) is 13.7 Å². The van der Waals surface area contributed by atoms with Gasteiger partial charge < -0.3 is 14.5 Å². The molecule has 1 N–H and O–H groups in total. The molecule has 3 rings (SSSR count). The Balaban J connectivity index is 1.67. The lowest BCUT2D eigenvalue weighted by Gasteiger charge is -2.13. The van der Waals surface area contributed by atoms with Gasteiger partial charge in [-0.2, -0.15) is 0 Å². The Bertz CT molecular complexity index is 761. The zero-order chi connectivity index (χ0) is 16.1. The fraction of sp³-hybridized carbons (Fsp3) is 0.421. The summed E-state index contributed by atoms with van der Waals surface area (Å²) in [6, 6.07) is 7.16. The Kier molecular flexibility index (Phi) is 5.13. The Morgan fingerprint density at radius 3 is 2.96 bits per heavy atom. The second kappa shape index (κ2) is 7.47. The van der Waals surface area contributed by atoms with Crippen molar-refractivity contribution in [2.45, 2.75) is 38.6 Å². The first-order valence-electron chi connectivity index (χ1n) is 8.25. The standard InChI is InChI=1S/C19H23NO3/c1-22-16-7-8-17-15(11-19(21)23-18(17)12-16)13-20-10-9-14-5-3-2-4-6-14/h5,7-8,11-12,20H,2-4,6,9-10,13H2,1H3. The molecule has 0 bridgehead atoms. The van der Waals surface area contributed by atoms with Crippen LogP contribution in [0.4, 0.5) is 0 Å². The van der Waals surface area contributed by atoms with Crippen LogP contribution < -0.4 is 15.7 Å². The molecule has 0 radical (unpaired) electrons. The molecule has 122 valence electrons. The van der Waals surface area contributed by atoms with E-state index in [-0.39, 0.29) is 5.63 Å². The van der Waals surface area contributed by atoms with E-state index in [9.17, 15) is 4.79 Å². The number of hydrogen-bond acceptors (Lipinski definition) is 4. The van der Waals surface area contributed by atoms with Gasteiger partial charge in [-0.3, -0.25) is 0 Å². The van der Waals surface area contributed by atoms with Gasteiger partial charge in [0, 0.05) is 24.1 Å². The highest BCUT2D eigenvalue weighted by molar-refractivity contribution is 5.81. The molecule has 0 spiro atoms. The van der Waals surface area contributed by atoms with E-state index in [1.54, 1.807) is 24.8 Å². The maximum absolute atomic E-state index is 11.7. The average molecular weight is 313 g/mol. The molecule has 1 aromatic carbocycles. The molecule has 0 atom stereocenters. The largest absolute Gasteiger partial charge is 0.497 e. The highest BCUT2D eigenvalue weighted by atomic mass is 16.5. The number of allylic oxidation sites excluding steroid dienone is 1. The predicted molar refractivity (Wildman–Crippen MR) is 91.9 cm³/mol. The van der Waals surface area contributed by atoms with Crippen LogP contribution in [-0.4, -0.2) is 13.7 Å². The number of methoxy groups -OCH3 is 1. The van der Waals surface area contributed by atoms with E-state index < -0.39 is 0 Å². The van der Waals surface area contributed by atoms with E-state index in [2.05, 4.69) is 11.4 Å². The highest BCUT2D eigenvalue weighted by Crippen LogP contribution is 2.23. The molecule has 23 heavy (non-hydrogen) atoms. The minimum Gasteiger partial charge on any atom is -0.497 e. The normalized spacial score (nSPS) is 14.7. The van der Waals surface area contributed by atoms with Gasteiger partial charge in [-0.15, -0.1) is 0 Å². The van der Waals surface area contributed by atoms with Gasteiger partial charge in [0.25, 0.3) is 0 Å². The molecule has 4 nitrogen and oxygen atoms in total. The Morgan fingerprint density at radius 2 is 2.17 bits per heavy atom. The number of fused-ring (bicyclic) bond motifs is 1. The summed E-state index contributed by atoms with van der Waals surface area (Å²) in [6.07, 6.45) is 8.57. The number of rotatable bonds is 6. The zero-order valence-corrected chi connectivity index (χ0v) is 13.6. The van der Waals surface area contributed by atoms with E-state index >= 15 is 0 Å². The molecule has 0 aliphatic heterocycles. The summed E-state index contributed by atoms with van der Waals surface area (Å²) >= 11 is 0. The van der Waals surface area contributed by atoms with Gasteiger partial charge in [0.2, 0.25) is 0 Å². The maximum Gasteiger partial charge on any atom is 0.336 e. The van der Waals surface area contributed by atoms with Crippen molar-refractivity contribution in [3.05, 3.63) is 51.9 Å². The van der Waals surface area contributed by atoms with Gasteiger partial charge in [-0.1, -0.05) is 11.6 Å². The predicted octanol–water partition coefficient (Wildman–Crippen LogP) is 3.78. The first-order valence-corrected chi connectivity index (χ1v) is 8.25. The van der Waals surface area contributed by atoms with Gasteiger partial charge in [-0.25, -0.2) is 4.79 Å². The lowest BCUT2D eigenvalue weighted by Crippen LogP contribution is -2.17. The summed E-state index contributed by atoms with van der Waals surface area (Å²) in [7, 11) is 1.60. The molecule has 0 saturated heterocycles. The van der Waals surface area contributed by atoms with Gasteiger partial charge in [-0.05, 0) is 56.3 Å². The molecular formula is C19H23NO3. The fourth-order valence-corrected chi connectivity index (χ4v) is 3.09. The molecule has 0 amide bonds. The third-order valence-corrected chi connectivity index (χ3v) is 4.36. The van der Waals surface area contributed by atoms with Gasteiger partial charge >= 0.3 is 5.63 Å². The molecule has 2 aromatic rings. The first kappa shape index (κ1) is 15.8. The highest BCUT2D eigenvalue weighted by Gasteiger charge is 2.07. The average Bonchev–Trinajstić information content (AvgIpc) is 2.58. The first-order chi connectivity index (χ1) is 11.3. The van der Waals surface area contributed by atoms with E-state index in [4.69, 9.17) is 9.15 Å². The Labute approximate surface area is 136 Å². The molecule has 1 aliphatic rings. The lowest BCUT2D eigenvalue weighted by atomic mass is 9.97. The van der Waals surface area contributed by atoms with Crippen molar-refractivity contribution in [3.63, 3.8) is 0 Å². The lowest BCUT2D eigenvalue weighted by molar-refractivity contribution is 0.414. The number of hydrogen-bond donors (Lipinski definition) is 1.